The van der Waals surface area contributed by atoms with Gasteiger partial charge < -0.3 is 13.9 Å². The predicted molar refractivity (Wildman–Crippen MR) is 221 cm³/mol. The van der Waals surface area contributed by atoms with Gasteiger partial charge in [-0.05, 0) is 66.2 Å². The lowest BCUT2D eigenvalue weighted by Gasteiger charge is -2.28. The normalized spacial score (nSPS) is 11.8. The molecule has 3 heterocycles. The number of aromatic nitrogens is 1. The van der Waals surface area contributed by atoms with Crippen LogP contribution in [0.5, 0.6) is 0 Å². The van der Waals surface area contributed by atoms with Gasteiger partial charge in [0.1, 0.15) is 11.2 Å². The first kappa shape index (κ1) is 29.1. The van der Waals surface area contributed by atoms with Crippen LogP contribution in [0.3, 0.4) is 0 Å². The maximum atomic E-state index is 6.79. The zero-order valence-electron chi connectivity index (χ0n) is 28.0. The van der Waals surface area contributed by atoms with Crippen molar-refractivity contribution in [2.24, 2.45) is 0 Å². The Morgan fingerprint density at radius 2 is 1.13 bits per heavy atom. The molecule has 11 aromatic rings. The fraction of sp³-hybridized carbons (Fsp3) is 0. The van der Waals surface area contributed by atoms with Crippen LogP contribution in [-0.4, -0.2) is 4.57 Å². The van der Waals surface area contributed by atoms with Crippen molar-refractivity contribution in [2.45, 2.75) is 0 Å². The molecule has 0 N–H and O–H groups in total. The van der Waals surface area contributed by atoms with E-state index in [0.717, 1.165) is 55.8 Å². The number of anilines is 3. The van der Waals surface area contributed by atoms with E-state index in [1.54, 1.807) is 0 Å². The molecular weight excluding hydrogens is 653 g/mol. The Morgan fingerprint density at radius 1 is 0.481 bits per heavy atom. The lowest BCUT2D eigenvalue weighted by molar-refractivity contribution is 0.670. The fourth-order valence-corrected chi connectivity index (χ4v) is 9.34. The molecule has 3 nitrogen and oxygen atoms in total. The SMILES string of the molecule is c1ccc(-c2ccc(N(c3cccc(-n4c5ccccc5c5ccccc54)c3)c3cccc4c3sc3ccccc34)c3c2oc2ccccc23)cc1. The van der Waals surface area contributed by atoms with Gasteiger partial charge in [0.05, 0.1) is 32.5 Å². The zero-order valence-corrected chi connectivity index (χ0v) is 28.8. The van der Waals surface area contributed by atoms with E-state index >= 15 is 0 Å². The quantitative estimate of drug-likeness (QED) is 0.180. The number of benzene rings is 8. The summed E-state index contributed by atoms with van der Waals surface area (Å²) in [5.74, 6) is 0. The van der Waals surface area contributed by atoms with Crippen molar-refractivity contribution in [3.05, 3.63) is 182 Å². The molecule has 3 aromatic heterocycles. The highest BCUT2D eigenvalue weighted by Crippen LogP contribution is 2.50. The summed E-state index contributed by atoms with van der Waals surface area (Å²) in [6, 6.07) is 65.4. The Morgan fingerprint density at radius 3 is 1.94 bits per heavy atom. The molecule has 0 atom stereocenters. The molecule has 0 aliphatic rings. The number of hydrogen-bond donors (Lipinski definition) is 0. The minimum Gasteiger partial charge on any atom is -0.455 e. The third-order valence-electron chi connectivity index (χ3n) is 10.4. The zero-order chi connectivity index (χ0) is 34.2. The van der Waals surface area contributed by atoms with Gasteiger partial charge >= 0.3 is 0 Å². The third kappa shape index (κ3) is 4.31. The smallest absolute Gasteiger partial charge is 0.145 e. The van der Waals surface area contributed by atoms with Crippen LogP contribution in [0, 0.1) is 0 Å². The van der Waals surface area contributed by atoms with Crippen molar-refractivity contribution >= 4 is 92.3 Å². The largest absolute Gasteiger partial charge is 0.455 e. The lowest BCUT2D eigenvalue weighted by Crippen LogP contribution is -2.11. The molecule has 0 fully saturated rings. The summed E-state index contributed by atoms with van der Waals surface area (Å²) in [6.07, 6.45) is 0. The summed E-state index contributed by atoms with van der Waals surface area (Å²) in [5, 5.41) is 7.23. The van der Waals surface area contributed by atoms with Crippen LogP contribution in [0.2, 0.25) is 0 Å². The van der Waals surface area contributed by atoms with Crippen molar-refractivity contribution < 1.29 is 4.42 Å². The second-order valence-electron chi connectivity index (χ2n) is 13.3. The molecule has 4 heteroatoms. The van der Waals surface area contributed by atoms with Gasteiger partial charge in [0.2, 0.25) is 0 Å². The monoisotopic (exact) mass is 682 g/mol. The molecule has 0 saturated heterocycles. The van der Waals surface area contributed by atoms with E-state index in [4.69, 9.17) is 4.42 Å². The summed E-state index contributed by atoms with van der Waals surface area (Å²) in [4.78, 5) is 2.45. The highest BCUT2D eigenvalue weighted by molar-refractivity contribution is 7.26. The van der Waals surface area contributed by atoms with E-state index in [-0.39, 0.29) is 0 Å². The Hall–Kier alpha value is -6.62. The molecule has 244 valence electrons. The van der Waals surface area contributed by atoms with E-state index in [1.807, 2.05) is 11.3 Å². The Kier molecular flexibility index (Phi) is 6.42. The highest BCUT2D eigenvalue weighted by atomic mass is 32.1. The summed E-state index contributed by atoms with van der Waals surface area (Å²) in [7, 11) is 0. The van der Waals surface area contributed by atoms with Gasteiger partial charge in [-0.25, -0.2) is 0 Å². The van der Waals surface area contributed by atoms with Gasteiger partial charge in [0, 0.05) is 48.6 Å². The predicted octanol–water partition coefficient (Wildman–Crippen LogP) is 14.2. The molecule has 0 radical (unpaired) electrons. The van der Waals surface area contributed by atoms with Crippen molar-refractivity contribution in [1.82, 2.24) is 4.57 Å². The molecule has 0 saturated carbocycles. The molecule has 0 bridgehead atoms. The molecule has 0 unspecified atom stereocenters. The first-order chi connectivity index (χ1) is 25.8. The van der Waals surface area contributed by atoms with E-state index in [9.17, 15) is 0 Å². The number of rotatable bonds is 5. The molecule has 0 aliphatic heterocycles. The van der Waals surface area contributed by atoms with Crippen LogP contribution in [0.4, 0.5) is 17.1 Å². The van der Waals surface area contributed by atoms with Crippen molar-refractivity contribution in [1.29, 1.82) is 0 Å². The molecule has 0 amide bonds. The van der Waals surface area contributed by atoms with E-state index < -0.39 is 0 Å². The summed E-state index contributed by atoms with van der Waals surface area (Å²) in [5.41, 5.74) is 10.7. The second kappa shape index (κ2) is 11.5. The van der Waals surface area contributed by atoms with Gasteiger partial charge in [-0.2, -0.15) is 0 Å². The Bertz CT molecular complexity index is 3100. The summed E-state index contributed by atoms with van der Waals surface area (Å²) >= 11 is 1.85. The fourth-order valence-electron chi connectivity index (χ4n) is 8.13. The van der Waals surface area contributed by atoms with Crippen LogP contribution >= 0.6 is 11.3 Å². The topological polar surface area (TPSA) is 21.3 Å². The minimum absolute atomic E-state index is 0.876. The maximum absolute atomic E-state index is 6.79. The average Bonchev–Trinajstić information content (AvgIpc) is 3.89. The number of hydrogen-bond acceptors (Lipinski definition) is 3. The van der Waals surface area contributed by atoms with Gasteiger partial charge in [-0.15, -0.1) is 11.3 Å². The molecular formula is C48H30N2OS. The summed E-state index contributed by atoms with van der Waals surface area (Å²) in [6.45, 7) is 0. The van der Waals surface area contributed by atoms with E-state index in [0.29, 0.717) is 0 Å². The van der Waals surface area contributed by atoms with Crippen molar-refractivity contribution in [2.75, 3.05) is 4.90 Å². The van der Waals surface area contributed by atoms with Crippen molar-refractivity contribution in [3.8, 4) is 16.8 Å². The van der Waals surface area contributed by atoms with Gasteiger partial charge in [-0.1, -0.05) is 121 Å². The Balaban J connectivity index is 1.24. The highest BCUT2D eigenvalue weighted by Gasteiger charge is 2.25. The Labute approximate surface area is 303 Å². The van der Waals surface area contributed by atoms with Crippen LogP contribution in [0.25, 0.3) is 80.7 Å². The van der Waals surface area contributed by atoms with Crippen molar-refractivity contribution in [3.63, 3.8) is 0 Å². The molecule has 11 rings (SSSR count). The molecule has 8 aromatic carbocycles. The minimum atomic E-state index is 0.876. The van der Waals surface area contributed by atoms with Crippen LogP contribution in [-0.2, 0) is 0 Å². The number of thiophene rings is 1. The van der Waals surface area contributed by atoms with E-state index in [1.165, 1.54) is 42.0 Å². The van der Waals surface area contributed by atoms with Crippen LogP contribution < -0.4 is 4.90 Å². The standard InChI is InChI=1S/C48H30N2OS/c1-2-14-31(15-3-1)34-28-29-42(46-39-21-6-10-26-44(39)51-47(34)46)50(43-25-13-22-38-37-20-7-11-27-45(37)52-48(38)43)33-17-12-16-32(30-33)49-40-23-8-4-18-35(40)36-19-5-9-24-41(36)49/h1-30H. The lowest BCUT2D eigenvalue weighted by atomic mass is 9.99. The van der Waals surface area contributed by atoms with Gasteiger partial charge in [0.15, 0.2) is 0 Å². The third-order valence-corrected chi connectivity index (χ3v) is 11.6. The van der Waals surface area contributed by atoms with Gasteiger partial charge in [-0.3, -0.25) is 0 Å². The second-order valence-corrected chi connectivity index (χ2v) is 14.3. The molecule has 0 aliphatic carbocycles. The van der Waals surface area contributed by atoms with E-state index in [2.05, 4.69) is 191 Å². The average molecular weight is 683 g/mol. The van der Waals surface area contributed by atoms with Crippen LogP contribution in [0.15, 0.2) is 186 Å². The molecule has 0 spiro atoms. The van der Waals surface area contributed by atoms with Gasteiger partial charge in [0.25, 0.3) is 0 Å². The number of furan rings is 1. The molecule has 52 heavy (non-hydrogen) atoms. The summed E-state index contributed by atoms with van der Waals surface area (Å²) < 4.78 is 11.7. The number of fused-ring (bicyclic) bond motifs is 9. The first-order valence-corrected chi connectivity index (χ1v) is 18.4. The van der Waals surface area contributed by atoms with Crippen LogP contribution in [0.1, 0.15) is 0 Å². The maximum Gasteiger partial charge on any atom is 0.145 e. The number of para-hydroxylation sites is 3. The first-order valence-electron chi connectivity index (χ1n) is 17.6. The number of nitrogens with zero attached hydrogens (tertiary/aromatic N) is 2.